The van der Waals surface area contributed by atoms with Crippen molar-refractivity contribution in [3.63, 3.8) is 0 Å². The average molecular weight is 1990 g/mol. The molecule has 5 aromatic rings. The number of amides is 7. The summed E-state index contributed by atoms with van der Waals surface area (Å²) in [6.45, 7) is 40.1. The lowest BCUT2D eigenvalue weighted by Crippen LogP contribution is -2.44. The van der Waals surface area contributed by atoms with Crippen LogP contribution in [0.1, 0.15) is 277 Å². The number of aliphatic hydroxyl groups is 3. The first kappa shape index (κ1) is 116. The van der Waals surface area contributed by atoms with E-state index in [1.807, 2.05) is 30.3 Å². The maximum atomic E-state index is 15.2. The van der Waals surface area contributed by atoms with Gasteiger partial charge in [0.2, 0.25) is 5.91 Å². The number of rotatable bonds is 25. The Morgan fingerprint density at radius 3 is 1.15 bits per heavy atom. The van der Waals surface area contributed by atoms with E-state index in [4.69, 9.17) is 59.7 Å². The van der Waals surface area contributed by atoms with E-state index in [0.717, 1.165) is 88.2 Å². The number of alkyl carbamates (subject to hydrolysis) is 2. The lowest BCUT2D eigenvalue weighted by Gasteiger charge is -2.41. The fourth-order valence-electron chi connectivity index (χ4n) is 16.0. The van der Waals surface area contributed by atoms with Crippen LogP contribution in [0.25, 0.3) is 0 Å². The molecule has 9 N–H and O–H groups in total. The molecule has 3 saturated heterocycles. The van der Waals surface area contributed by atoms with Crippen molar-refractivity contribution in [1.82, 2.24) is 16.0 Å². The molecule has 36 heteroatoms. The number of esters is 2. The first-order valence-corrected chi connectivity index (χ1v) is 54.8. The third-order valence-corrected chi connectivity index (χ3v) is 35.3. The van der Waals surface area contributed by atoms with Crippen LogP contribution in [0.3, 0.4) is 0 Å². The summed E-state index contributed by atoms with van der Waals surface area (Å²) in [5.41, 5.74) is 9.80. The number of nitrogens with two attached hydrogens (primary N) is 1. The van der Waals surface area contributed by atoms with Crippen molar-refractivity contribution in [2.45, 2.75) is 352 Å². The minimum absolute atomic E-state index is 0.0931. The number of carbonyl (C=O) groups excluding carboxylic acids is 9. The Morgan fingerprint density at radius 2 is 0.819 bits per heavy atom. The molecule has 0 unspecified atom stereocenters. The van der Waals surface area contributed by atoms with Crippen LogP contribution in [0.5, 0.6) is 0 Å². The predicted molar refractivity (Wildman–Crippen MR) is 529 cm³/mol. The minimum atomic E-state index is -1.82. The topological polar surface area (TPSA) is 381 Å². The SMILES string of the molecule is CC(C)(C)OC(=O)NC[C@H](O)CCl.CC(C)(C)OC(=O)NC[C@H]1CN(c2ccc(C3CCC(O[Si](C)(C)C(C)(C)C)CC3)c(F)c2)C(=O)O1.CC(C)(C)[Si](C)(C)OC1CCC(c2ccc(NC(=O)OCc3ccccc3)cc2F)CC1.CCC(=O)NC[C@H]1CN(c2ccc(C3CCC(O)CC3)c(F)c2)C(=O)O1.CCC(=O)OC(=O)CC.NC[C@H]1CN(c2ccc(C3CCC(O)CC3)c(F)c2)C(=O)O1. The number of nitrogens with zero attached hydrogens (tertiary/aromatic N) is 3. The van der Waals surface area contributed by atoms with Crippen molar-refractivity contribution >= 4 is 105 Å². The number of benzene rings is 5. The van der Waals surface area contributed by atoms with Gasteiger partial charge in [-0.1, -0.05) is 117 Å². The van der Waals surface area contributed by atoms with Crippen molar-refractivity contribution in [1.29, 1.82) is 0 Å². The van der Waals surface area contributed by atoms with Gasteiger partial charge in [0.15, 0.2) is 16.6 Å². The third-order valence-electron chi connectivity index (χ3n) is 25.9. The van der Waals surface area contributed by atoms with Crippen molar-refractivity contribution < 1.29 is 118 Å². The van der Waals surface area contributed by atoms with Gasteiger partial charge in [0, 0.05) is 50.2 Å². The summed E-state index contributed by atoms with van der Waals surface area (Å²) < 4.78 is 107. The van der Waals surface area contributed by atoms with Crippen LogP contribution in [0.15, 0.2) is 103 Å². The maximum Gasteiger partial charge on any atom is 0.414 e. The monoisotopic (exact) mass is 1990 g/mol. The van der Waals surface area contributed by atoms with Crippen LogP contribution >= 0.6 is 11.6 Å². The second-order valence-electron chi connectivity index (χ2n) is 41.1. The van der Waals surface area contributed by atoms with Crippen molar-refractivity contribution in [2.75, 3.05) is 71.7 Å². The second kappa shape index (κ2) is 53.4. The molecule has 0 aromatic heterocycles. The lowest BCUT2D eigenvalue weighted by molar-refractivity contribution is -0.159. The Morgan fingerprint density at radius 1 is 0.471 bits per heavy atom. The Balaban J connectivity index is 0.000000235. The number of nitrogens with one attached hydrogen (secondary N) is 4. The number of aliphatic hydroxyl groups excluding tert-OH is 3. The standard InChI is InChI=1S/C27H43FN2O5Si.C26H36FNO3Si.C19H25FN2O4.C16H21FN2O3.C8H16ClNO3.C6H10O3/c1-26(2,3)34-24(31)29-16-21-17-30(25(32)33-21)19-11-14-22(23(28)15-19)18-9-12-20(13-10-18)35-36(7,8)27(4,5)6;1-26(2,3)32(4,5)31-22-14-11-20(12-15-22)23-16-13-21(17-24(23)27)28-25(29)30-18-19-9-7-6-8-10-19;1-2-18(24)21-10-15-11-22(19(25)26-15)13-5-8-16(17(20)9-13)12-3-6-14(23)7-4-12;17-15-7-11(19-9-13(8-18)22-16(19)21)3-6-14(15)10-1-4-12(20)5-2-10;1-8(2,3)13-7(12)10-5-6(11)4-9;1-3-5(7)9-6(8)4-2/h11,14-15,18,20-21H,9-10,12-13,16-17H2,1-8H3,(H,29,31);6-10,13,16-17,20,22H,11-12,14-15,18H2,1-5H3,(H,28,29);5,8-9,12,14-15,23H,2-4,6-7,10-11H2,1H3,(H,21,24);3,6-7,10,12-13,20H,1-2,4-5,8-9,18H2;6,11H,4-5H2,1-3H3,(H,10,12);3-4H2,1-2H3/t18?,20?,21-;;12?,14?,15-;10?,12?,13-;6-;/m0.001./s1. The first-order chi connectivity index (χ1) is 64.7. The first-order valence-electron chi connectivity index (χ1n) is 48.4. The van der Waals surface area contributed by atoms with Gasteiger partial charge in [-0.2, -0.15) is 0 Å². The highest BCUT2D eigenvalue weighted by Gasteiger charge is 2.44. The van der Waals surface area contributed by atoms with Crippen LogP contribution in [0.2, 0.25) is 36.3 Å². The van der Waals surface area contributed by atoms with Gasteiger partial charge in [-0.3, -0.25) is 34.4 Å². The van der Waals surface area contributed by atoms with Gasteiger partial charge >= 0.3 is 48.5 Å². The summed E-state index contributed by atoms with van der Waals surface area (Å²) in [5.74, 6) is -1.56. The van der Waals surface area contributed by atoms with Gasteiger partial charge < -0.3 is 79.0 Å². The summed E-state index contributed by atoms with van der Waals surface area (Å²) in [5, 5.41) is 38.8. The number of ether oxygens (including phenoxy) is 7. The van der Waals surface area contributed by atoms with E-state index < -0.39 is 94.6 Å². The molecule has 3 heterocycles. The molecule has 5 aromatic carbocycles. The fraction of sp³-hybridized carbons (Fsp3) is 0.618. The molecule has 7 aliphatic rings. The van der Waals surface area contributed by atoms with Gasteiger partial charge in [-0.05, 0) is 281 Å². The molecule has 12 rings (SSSR count). The van der Waals surface area contributed by atoms with E-state index in [1.54, 1.807) is 111 Å². The maximum absolute atomic E-state index is 15.2. The van der Waals surface area contributed by atoms with Crippen LogP contribution < -0.4 is 41.7 Å². The number of cyclic esters (lactones) is 3. The van der Waals surface area contributed by atoms with Gasteiger partial charge in [0.1, 0.15) is 59.4 Å². The van der Waals surface area contributed by atoms with Gasteiger partial charge in [-0.25, -0.2) is 46.3 Å². The van der Waals surface area contributed by atoms with Crippen LogP contribution in [0, 0.1) is 23.3 Å². The lowest BCUT2D eigenvalue weighted by atomic mass is 9.82. The summed E-state index contributed by atoms with van der Waals surface area (Å²) in [7, 11) is -3.60. The smallest absolute Gasteiger partial charge is 0.414 e. The molecule has 0 radical (unpaired) electrons. The van der Waals surface area contributed by atoms with E-state index in [9.17, 15) is 66.5 Å². The molecule has 29 nitrogen and oxygen atoms in total. The van der Waals surface area contributed by atoms with E-state index >= 15 is 4.39 Å². The van der Waals surface area contributed by atoms with E-state index in [2.05, 4.69) is 93.7 Å². The number of hydrogen-bond donors (Lipinski definition) is 8. The summed E-state index contributed by atoms with van der Waals surface area (Å²) in [6, 6.07) is 29.1. The van der Waals surface area contributed by atoms with E-state index in [1.165, 1.54) is 39.0 Å². The minimum Gasteiger partial charge on any atom is -0.444 e. The average Bonchev–Trinajstić information content (AvgIpc) is 1.45. The molecule has 4 aliphatic carbocycles. The van der Waals surface area contributed by atoms with Gasteiger partial charge in [0.05, 0.1) is 74.0 Å². The normalized spacial score (nSPS) is 21.9. The quantitative estimate of drug-likeness (QED) is 0.00672. The summed E-state index contributed by atoms with van der Waals surface area (Å²) in [4.78, 5) is 107. The molecule has 3 aliphatic heterocycles. The number of anilines is 4. The molecule has 138 heavy (non-hydrogen) atoms. The van der Waals surface area contributed by atoms with Crippen molar-refractivity contribution in [2.24, 2.45) is 5.73 Å². The molecule has 7 fully saturated rings. The molecule has 4 atom stereocenters. The zero-order valence-corrected chi connectivity index (χ0v) is 86.8. The second-order valence-corrected chi connectivity index (χ2v) is 50.9. The third kappa shape index (κ3) is 37.5. The summed E-state index contributed by atoms with van der Waals surface area (Å²) in [6.07, 6.45) is 8.85. The number of alkyl halides is 1. The van der Waals surface area contributed by atoms with Crippen molar-refractivity contribution in [3.8, 4) is 0 Å². The van der Waals surface area contributed by atoms with Crippen LogP contribution in [-0.4, -0.2) is 198 Å². The Kier molecular flexibility index (Phi) is 44.7. The molecule has 0 spiro atoms. The molecule has 4 saturated carbocycles. The molecule has 768 valence electrons. The number of carbonyl (C=O) groups is 9. The summed E-state index contributed by atoms with van der Waals surface area (Å²) >= 11 is 5.33. The van der Waals surface area contributed by atoms with Gasteiger partial charge in [0.25, 0.3) is 0 Å². The fourth-order valence-corrected chi connectivity index (χ4v) is 19.0. The zero-order chi connectivity index (χ0) is 102. The highest BCUT2D eigenvalue weighted by Crippen LogP contribution is 2.46. The van der Waals surface area contributed by atoms with E-state index in [0.29, 0.717) is 78.1 Å². The number of halogens is 5. The zero-order valence-electron chi connectivity index (χ0n) is 84.0. The number of hydrogen-bond acceptors (Lipinski definition) is 22. The van der Waals surface area contributed by atoms with Crippen LogP contribution in [0.4, 0.5) is 69.1 Å². The Bertz CT molecular complexity index is 4760. The molecule has 0 bridgehead atoms. The van der Waals surface area contributed by atoms with Crippen LogP contribution in [-0.2, 0) is 63.0 Å². The Labute approximate surface area is 819 Å². The van der Waals surface area contributed by atoms with E-state index in [-0.39, 0.29) is 158 Å². The predicted octanol–water partition coefficient (Wildman–Crippen LogP) is 21.2. The van der Waals surface area contributed by atoms with Crippen molar-refractivity contribution in [3.05, 3.63) is 154 Å². The molecular formula is C102H151ClF4N8O21Si2. The molecule has 7 amide bonds. The highest BCUT2D eigenvalue weighted by atomic mass is 35.5. The van der Waals surface area contributed by atoms with Gasteiger partial charge in [-0.15, -0.1) is 11.6 Å². The largest absolute Gasteiger partial charge is 0.444 e. The highest BCUT2D eigenvalue weighted by molar-refractivity contribution is 6.74. The molecular weight excluding hydrogens is 1840 g/mol. The Hall–Kier alpha value is -9.47.